The van der Waals surface area contributed by atoms with Crippen LogP contribution >= 0.6 is 0 Å². The van der Waals surface area contributed by atoms with Gasteiger partial charge in [-0.2, -0.15) is 8.78 Å². The van der Waals surface area contributed by atoms with Gasteiger partial charge in [0.05, 0.1) is 13.2 Å². The van der Waals surface area contributed by atoms with Gasteiger partial charge in [0.2, 0.25) is 0 Å². The van der Waals surface area contributed by atoms with Crippen LogP contribution in [-0.4, -0.2) is 19.6 Å². The van der Waals surface area contributed by atoms with Crippen LogP contribution in [0.5, 0.6) is 11.5 Å². The Morgan fingerprint density at radius 1 is 0.708 bits per heavy atom. The van der Waals surface area contributed by atoms with Gasteiger partial charge in [0, 0.05) is 23.1 Å². The van der Waals surface area contributed by atoms with E-state index in [9.17, 15) is 22.0 Å². The molecular weight excluding hydrogens is 655 g/mol. The summed E-state index contributed by atoms with van der Waals surface area (Å²) in [7, 11) is 0. The van der Waals surface area contributed by atoms with E-state index in [0.717, 1.165) is 49.8 Å². The number of hydrogen-bond donors (Lipinski definition) is 0. The number of hydrogen-bond acceptors (Lipinski definition) is 4. The average Bonchev–Trinajstić information content (AvgIpc) is 3.01. The minimum atomic E-state index is -5.16. The molecule has 2 fully saturated rings. The molecular formula is C35H35F9O4. The third kappa shape index (κ3) is 8.76. The highest BCUT2D eigenvalue weighted by Gasteiger charge is 2.42. The summed E-state index contributed by atoms with van der Waals surface area (Å²) in [5.74, 6) is -6.67. The van der Waals surface area contributed by atoms with Gasteiger partial charge in [0.1, 0.15) is 28.8 Å². The minimum absolute atomic E-state index is 0.123. The summed E-state index contributed by atoms with van der Waals surface area (Å²) in [6.07, 6.45) is -1.57. The molecule has 0 amide bonds. The summed E-state index contributed by atoms with van der Waals surface area (Å²) in [6.45, 7) is 2.80. The van der Waals surface area contributed by atoms with Gasteiger partial charge in [0.25, 0.3) is 0 Å². The molecule has 0 spiro atoms. The van der Waals surface area contributed by atoms with E-state index in [-0.39, 0.29) is 22.6 Å². The molecule has 262 valence electrons. The number of benzene rings is 3. The molecule has 1 aliphatic heterocycles. The third-order valence-electron chi connectivity index (χ3n) is 8.98. The van der Waals surface area contributed by atoms with Crippen LogP contribution in [0.2, 0.25) is 0 Å². The smallest absolute Gasteiger partial charge is 0.429 e. The highest BCUT2D eigenvalue weighted by Crippen LogP contribution is 2.41. The van der Waals surface area contributed by atoms with E-state index in [1.165, 1.54) is 25.7 Å². The maximum absolute atomic E-state index is 15.1. The summed E-state index contributed by atoms with van der Waals surface area (Å²) in [5, 5.41) is 0. The number of unbranched alkanes of at least 4 members (excludes halogenated alkanes) is 2. The van der Waals surface area contributed by atoms with Crippen molar-refractivity contribution in [2.45, 2.75) is 77.1 Å². The lowest BCUT2D eigenvalue weighted by atomic mass is 9.74. The van der Waals surface area contributed by atoms with Crippen LogP contribution in [0.1, 0.15) is 75.7 Å². The topological polar surface area (TPSA) is 36.9 Å². The molecule has 3 aromatic rings. The van der Waals surface area contributed by atoms with Gasteiger partial charge in [0.15, 0.2) is 17.9 Å². The zero-order valence-electron chi connectivity index (χ0n) is 26.0. The van der Waals surface area contributed by atoms with Gasteiger partial charge in [-0.05, 0) is 66.6 Å². The lowest BCUT2D eigenvalue weighted by Gasteiger charge is -2.38. The fourth-order valence-corrected chi connectivity index (χ4v) is 6.49. The van der Waals surface area contributed by atoms with Crippen LogP contribution in [0.15, 0.2) is 48.5 Å². The van der Waals surface area contributed by atoms with Crippen molar-refractivity contribution in [2.75, 3.05) is 13.2 Å². The quantitative estimate of drug-likeness (QED) is 0.148. The van der Waals surface area contributed by atoms with E-state index in [1.807, 2.05) is 0 Å². The first-order chi connectivity index (χ1) is 22.7. The Hall–Kier alpha value is -3.45. The van der Waals surface area contributed by atoms with Crippen LogP contribution < -0.4 is 9.47 Å². The van der Waals surface area contributed by atoms with E-state index in [4.69, 9.17) is 9.47 Å². The van der Waals surface area contributed by atoms with Crippen LogP contribution in [-0.2, 0) is 15.6 Å². The van der Waals surface area contributed by atoms with Gasteiger partial charge < -0.3 is 18.9 Å². The van der Waals surface area contributed by atoms with Crippen LogP contribution in [0.3, 0.4) is 0 Å². The lowest BCUT2D eigenvalue weighted by Crippen LogP contribution is -2.34. The van der Waals surface area contributed by atoms with Crippen molar-refractivity contribution in [1.82, 2.24) is 0 Å². The van der Waals surface area contributed by atoms with E-state index >= 15 is 17.6 Å². The third-order valence-corrected chi connectivity index (χ3v) is 8.98. The van der Waals surface area contributed by atoms with Gasteiger partial charge >= 0.3 is 12.5 Å². The molecule has 0 radical (unpaired) electrons. The Bertz CT molecular complexity index is 1520. The van der Waals surface area contributed by atoms with E-state index in [2.05, 4.69) is 16.4 Å². The highest BCUT2D eigenvalue weighted by atomic mass is 19.4. The molecule has 0 atom stereocenters. The Morgan fingerprint density at radius 3 is 1.96 bits per heavy atom. The molecule has 5 rings (SSSR count). The van der Waals surface area contributed by atoms with Crippen molar-refractivity contribution in [3.8, 4) is 22.6 Å². The number of halogens is 9. The molecule has 0 bridgehead atoms. The number of rotatable bonds is 11. The summed E-state index contributed by atoms with van der Waals surface area (Å²) < 4.78 is 146. The van der Waals surface area contributed by atoms with Gasteiger partial charge in [-0.1, -0.05) is 51.5 Å². The zero-order valence-corrected chi connectivity index (χ0v) is 26.0. The van der Waals surface area contributed by atoms with Gasteiger partial charge in [-0.15, -0.1) is 13.2 Å². The molecule has 13 heteroatoms. The maximum atomic E-state index is 15.1. The summed E-state index contributed by atoms with van der Waals surface area (Å²) in [6, 6.07) is 5.62. The molecule has 4 nitrogen and oxygen atoms in total. The molecule has 2 aliphatic rings. The van der Waals surface area contributed by atoms with Crippen molar-refractivity contribution >= 4 is 0 Å². The first kappa shape index (κ1) is 35.8. The fraction of sp³-hybridized carbons (Fsp3) is 0.486. The molecule has 1 saturated carbocycles. The predicted molar refractivity (Wildman–Crippen MR) is 157 cm³/mol. The minimum Gasteiger partial charge on any atom is -0.429 e. The van der Waals surface area contributed by atoms with E-state index in [1.54, 1.807) is 0 Å². The second kappa shape index (κ2) is 15.0. The molecule has 0 aromatic heterocycles. The standard InChI is InChI=1S/C35H35F9O4/c1-2-3-4-5-20-6-8-21(9-7-20)24-18-45-33(46-19-24)23-15-29(38)32(30(39)16-23)34(40,41)47-25-11-12-26(27(36)17-25)22-10-13-31(28(37)14-22)48-35(42,43)44/h10-17,20-21,24,33H,2-9,18-19H2,1H3. The normalized spacial score (nSPS) is 22.0. The summed E-state index contributed by atoms with van der Waals surface area (Å²) >= 11 is 0. The first-order valence-corrected chi connectivity index (χ1v) is 15.9. The van der Waals surface area contributed by atoms with Crippen molar-refractivity contribution in [3.63, 3.8) is 0 Å². The highest BCUT2D eigenvalue weighted by molar-refractivity contribution is 5.66. The van der Waals surface area contributed by atoms with Crippen LogP contribution in [0.25, 0.3) is 11.1 Å². The molecule has 48 heavy (non-hydrogen) atoms. The average molecular weight is 691 g/mol. The van der Waals surface area contributed by atoms with E-state index < -0.39 is 59.1 Å². The van der Waals surface area contributed by atoms with Crippen molar-refractivity contribution in [2.24, 2.45) is 17.8 Å². The lowest BCUT2D eigenvalue weighted by molar-refractivity contribution is -0.275. The molecule has 1 heterocycles. The molecule has 0 unspecified atom stereocenters. The first-order valence-electron chi connectivity index (χ1n) is 15.9. The number of alkyl halides is 5. The number of ether oxygens (including phenoxy) is 4. The second-order valence-corrected chi connectivity index (χ2v) is 12.3. The van der Waals surface area contributed by atoms with Crippen molar-refractivity contribution < 1.29 is 58.5 Å². The Labute approximate surface area is 272 Å². The maximum Gasteiger partial charge on any atom is 0.573 e. The Morgan fingerprint density at radius 2 is 1.38 bits per heavy atom. The molecule has 1 aliphatic carbocycles. The van der Waals surface area contributed by atoms with Gasteiger partial charge in [-0.3, -0.25) is 0 Å². The van der Waals surface area contributed by atoms with Crippen molar-refractivity contribution in [1.29, 1.82) is 0 Å². The largest absolute Gasteiger partial charge is 0.573 e. The second-order valence-electron chi connectivity index (χ2n) is 12.3. The fourth-order valence-electron chi connectivity index (χ4n) is 6.49. The molecule has 3 aromatic carbocycles. The van der Waals surface area contributed by atoms with Crippen LogP contribution in [0, 0.1) is 41.0 Å². The molecule has 1 saturated heterocycles. The summed E-state index contributed by atoms with van der Waals surface area (Å²) in [4.78, 5) is 0. The zero-order chi connectivity index (χ0) is 34.6. The Kier molecular flexibility index (Phi) is 11.2. The SMILES string of the molecule is CCCCCC1CCC(C2COC(c3cc(F)c(C(F)(F)Oc4ccc(-c5ccc(OC(F)(F)F)c(F)c5)c(F)c4)c(F)c3)OC2)CC1. The monoisotopic (exact) mass is 690 g/mol. The Balaban J connectivity index is 1.20. The van der Waals surface area contributed by atoms with E-state index in [0.29, 0.717) is 49.5 Å². The van der Waals surface area contributed by atoms with Crippen LogP contribution in [0.4, 0.5) is 39.5 Å². The van der Waals surface area contributed by atoms with Gasteiger partial charge in [-0.25, -0.2) is 17.6 Å². The van der Waals surface area contributed by atoms with Crippen molar-refractivity contribution in [3.05, 3.63) is 82.9 Å². The molecule has 0 N–H and O–H groups in total. The predicted octanol–water partition coefficient (Wildman–Crippen LogP) is 11.0. The summed E-state index contributed by atoms with van der Waals surface area (Å²) in [5.41, 5.74) is -2.47.